The predicted molar refractivity (Wildman–Crippen MR) is 48.2 cm³/mol. The molecule has 0 spiro atoms. The Kier molecular flexibility index (Phi) is 3.34. The van der Waals surface area contributed by atoms with Gasteiger partial charge in [-0.15, -0.1) is 0 Å². The average Bonchev–Trinajstić information content (AvgIpc) is 2.73. The van der Waals surface area contributed by atoms with Crippen LogP contribution in [0.15, 0.2) is 22.8 Å². The van der Waals surface area contributed by atoms with Crippen LogP contribution < -0.4 is 12.4 Å². The second-order valence-electron chi connectivity index (χ2n) is 3.83. The van der Waals surface area contributed by atoms with Crippen molar-refractivity contribution in [2.45, 2.75) is 12.8 Å². The standard InChI is InChI=1S/C10H14NO2.ClH/c1-11(6-2-3-7-11)10(12)9-5-4-8-13-9;/h4-5,8H,2-3,6-7H2,1H3;1H/q+1;/p-1. The zero-order valence-corrected chi connectivity index (χ0v) is 8.96. The van der Waals surface area contributed by atoms with Crippen LogP contribution in [0.5, 0.6) is 0 Å². The summed E-state index contributed by atoms with van der Waals surface area (Å²) in [7, 11) is 1.98. The van der Waals surface area contributed by atoms with E-state index < -0.39 is 0 Å². The molecule has 3 nitrogen and oxygen atoms in total. The summed E-state index contributed by atoms with van der Waals surface area (Å²) >= 11 is 0. The highest BCUT2D eigenvalue weighted by atomic mass is 35.5. The van der Waals surface area contributed by atoms with Gasteiger partial charge in [0.2, 0.25) is 5.76 Å². The molecule has 2 rings (SSSR count). The second kappa shape index (κ2) is 4.15. The summed E-state index contributed by atoms with van der Waals surface area (Å²) in [4.78, 5) is 11.9. The highest BCUT2D eigenvalue weighted by molar-refractivity contribution is 5.85. The Hall–Kier alpha value is -0.800. The van der Waals surface area contributed by atoms with E-state index in [4.69, 9.17) is 4.42 Å². The molecule has 1 fully saturated rings. The van der Waals surface area contributed by atoms with Crippen LogP contribution in [-0.4, -0.2) is 30.5 Å². The number of hydrogen-bond acceptors (Lipinski definition) is 2. The number of carbonyl (C=O) groups excluding carboxylic acids is 1. The normalized spacial score (nSPS) is 18.9. The summed E-state index contributed by atoms with van der Waals surface area (Å²) in [6.07, 6.45) is 3.83. The molecular formula is C10H14ClNO2. The van der Waals surface area contributed by atoms with Crippen molar-refractivity contribution in [2.75, 3.05) is 20.1 Å². The van der Waals surface area contributed by atoms with Gasteiger partial charge in [0.25, 0.3) is 0 Å². The van der Waals surface area contributed by atoms with Crippen LogP contribution in [0.25, 0.3) is 0 Å². The van der Waals surface area contributed by atoms with Gasteiger partial charge in [0, 0.05) is 12.8 Å². The molecule has 4 heteroatoms. The third-order valence-corrected chi connectivity index (χ3v) is 2.78. The van der Waals surface area contributed by atoms with Gasteiger partial charge in [-0.1, -0.05) is 0 Å². The number of quaternary nitrogens is 1. The van der Waals surface area contributed by atoms with Crippen LogP contribution in [0.1, 0.15) is 23.4 Å². The molecule has 1 saturated heterocycles. The van der Waals surface area contributed by atoms with E-state index in [-0.39, 0.29) is 18.3 Å². The molecule has 2 heterocycles. The summed E-state index contributed by atoms with van der Waals surface area (Å²) in [5.74, 6) is 0.604. The Labute approximate surface area is 89.7 Å². The summed E-state index contributed by atoms with van der Waals surface area (Å²) in [5.41, 5.74) is 0. The number of amides is 1. The Bertz CT molecular complexity index is 302. The van der Waals surface area contributed by atoms with E-state index in [0.29, 0.717) is 10.2 Å². The fourth-order valence-electron chi connectivity index (χ4n) is 1.90. The fourth-order valence-corrected chi connectivity index (χ4v) is 1.90. The van der Waals surface area contributed by atoms with Gasteiger partial charge >= 0.3 is 5.91 Å². The molecule has 78 valence electrons. The van der Waals surface area contributed by atoms with E-state index in [1.807, 2.05) is 7.05 Å². The molecular weight excluding hydrogens is 202 g/mol. The molecule has 0 aromatic carbocycles. The molecule has 1 aliphatic rings. The number of hydrogen-bond donors (Lipinski definition) is 0. The maximum absolute atomic E-state index is 11.9. The first kappa shape index (κ1) is 11.3. The number of halogens is 1. The minimum absolute atomic E-state index is 0. The Balaban J connectivity index is 0.000000980. The van der Waals surface area contributed by atoms with Crippen LogP contribution in [0.4, 0.5) is 0 Å². The number of likely N-dealkylation sites (tertiary alicyclic amines) is 1. The molecule has 0 atom stereocenters. The maximum atomic E-state index is 11.9. The molecule has 1 aliphatic heterocycles. The number of rotatable bonds is 1. The Morgan fingerprint density at radius 1 is 1.43 bits per heavy atom. The summed E-state index contributed by atoms with van der Waals surface area (Å²) in [5, 5.41) is 0. The minimum Gasteiger partial charge on any atom is -1.00 e. The topological polar surface area (TPSA) is 30.2 Å². The van der Waals surface area contributed by atoms with Gasteiger partial charge in [0.05, 0.1) is 26.4 Å². The van der Waals surface area contributed by atoms with Crippen LogP contribution in [-0.2, 0) is 0 Å². The highest BCUT2D eigenvalue weighted by Gasteiger charge is 2.37. The van der Waals surface area contributed by atoms with E-state index in [0.717, 1.165) is 25.9 Å². The van der Waals surface area contributed by atoms with Crippen molar-refractivity contribution in [3.63, 3.8) is 0 Å². The number of nitrogens with zero attached hydrogens (tertiary/aromatic N) is 1. The first-order chi connectivity index (χ1) is 6.22. The number of furan rings is 1. The predicted octanol–water partition coefficient (Wildman–Crippen LogP) is -1.34. The molecule has 0 saturated carbocycles. The Morgan fingerprint density at radius 2 is 2.07 bits per heavy atom. The monoisotopic (exact) mass is 215 g/mol. The highest BCUT2D eigenvalue weighted by Crippen LogP contribution is 2.20. The summed E-state index contributed by atoms with van der Waals surface area (Å²) in [6.45, 7) is 1.89. The summed E-state index contributed by atoms with van der Waals surface area (Å²) in [6, 6.07) is 3.50. The first-order valence-corrected chi connectivity index (χ1v) is 4.65. The average molecular weight is 216 g/mol. The molecule has 14 heavy (non-hydrogen) atoms. The van der Waals surface area contributed by atoms with Crippen molar-refractivity contribution in [1.82, 2.24) is 0 Å². The van der Waals surface area contributed by atoms with Crippen molar-refractivity contribution < 1.29 is 26.1 Å². The van der Waals surface area contributed by atoms with Crippen molar-refractivity contribution >= 4 is 5.91 Å². The van der Waals surface area contributed by atoms with Gasteiger partial charge in [0.1, 0.15) is 0 Å². The molecule has 0 radical (unpaired) electrons. The van der Waals surface area contributed by atoms with Crippen molar-refractivity contribution in [1.29, 1.82) is 0 Å². The summed E-state index contributed by atoms with van der Waals surface area (Å²) < 4.78 is 5.62. The van der Waals surface area contributed by atoms with E-state index in [1.54, 1.807) is 18.4 Å². The fraction of sp³-hybridized carbons (Fsp3) is 0.500. The van der Waals surface area contributed by atoms with Gasteiger partial charge in [-0.2, -0.15) is 0 Å². The van der Waals surface area contributed by atoms with Gasteiger partial charge in [-0.3, -0.25) is 4.48 Å². The van der Waals surface area contributed by atoms with Crippen molar-refractivity contribution in [3.8, 4) is 0 Å². The zero-order valence-electron chi connectivity index (χ0n) is 8.20. The molecule has 1 amide bonds. The van der Waals surface area contributed by atoms with Gasteiger partial charge in [-0.05, 0) is 12.1 Å². The molecule has 1 aromatic rings. The molecule has 0 unspecified atom stereocenters. The van der Waals surface area contributed by atoms with Crippen LogP contribution in [0.2, 0.25) is 0 Å². The lowest BCUT2D eigenvalue weighted by Crippen LogP contribution is -3.00. The second-order valence-corrected chi connectivity index (χ2v) is 3.83. The van der Waals surface area contributed by atoms with E-state index in [9.17, 15) is 4.79 Å². The van der Waals surface area contributed by atoms with Crippen molar-refractivity contribution in [3.05, 3.63) is 24.2 Å². The van der Waals surface area contributed by atoms with E-state index in [2.05, 4.69) is 0 Å². The zero-order chi connectivity index (χ0) is 9.31. The lowest BCUT2D eigenvalue weighted by Gasteiger charge is -2.24. The first-order valence-electron chi connectivity index (χ1n) is 4.65. The third-order valence-electron chi connectivity index (χ3n) is 2.78. The lowest BCUT2D eigenvalue weighted by atomic mass is 10.3. The smallest absolute Gasteiger partial charge is 0.381 e. The minimum atomic E-state index is 0. The van der Waals surface area contributed by atoms with E-state index >= 15 is 0 Å². The lowest BCUT2D eigenvalue weighted by molar-refractivity contribution is -0.815. The molecule has 0 bridgehead atoms. The molecule has 1 aromatic heterocycles. The SMILES string of the molecule is C[N+]1(C(=O)c2ccco2)CCCC1.[Cl-]. The Morgan fingerprint density at radius 3 is 2.57 bits per heavy atom. The maximum Gasteiger partial charge on any atom is 0.381 e. The largest absolute Gasteiger partial charge is 1.00 e. The molecule has 0 aliphatic carbocycles. The number of carbonyl (C=O) groups is 1. The van der Waals surface area contributed by atoms with Gasteiger partial charge in [-0.25, -0.2) is 4.79 Å². The van der Waals surface area contributed by atoms with Gasteiger partial charge in [0.15, 0.2) is 0 Å². The van der Waals surface area contributed by atoms with Crippen LogP contribution in [0, 0.1) is 0 Å². The quantitative estimate of drug-likeness (QED) is 0.544. The van der Waals surface area contributed by atoms with Crippen LogP contribution in [0.3, 0.4) is 0 Å². The van der Waals surface area contributed by atoms with Crippen LogP contribution >= 0.6 is 0 Å². The van der Waals surface area contributed by atoms with E-state index in [1.165, 1.54) is 0 Å². The van der Waals surface area contributed by atoms with Gasteiger partial charge < -0.3 is 16.8 Å². The molecule has 0 N–H and O–H groups in total. The third kappa shape index (κ3) is 1.83. The van der Waals surface area contributed by atoms with Crippen molar-refractivity contribution in [2.24, 2.45) is 0 Å².